The minimum absolute atomic E-state index is 0.0517. The fourth-order valence-electron chi connectivity index (χ4n) is 3.98. The van der Waals surface area contributed by atoms with Crippen LogP contribution >= 0.6 is 0 Å². The first-order chi connectivity index (χ1) is 13.8. The van der Waals surface area contributed by atoms with Crippen LogP contribution in [0.3, 0.4) is 0 Å². The molecule has 0 saturated carbocycles. The van der Waals surface area contributed by atoms with Gasteiger partial charge >= 0.3 is 0 Å². The Kier molecular flexibility index (Phi) is 6.42. The van der Waals surface area contributed by atoms with Crippen molar-refractivity contribution in [3.05, 3.63) is 52.6 Å². The minimum Gasteiger partial charge on any atom is -0.375 e. The summed E-state index contributed by atoms with van der Waals surface area (Å²) in [6.45, 7) is 8.02. The van der Waals surface area contributed by atoms with Crippen molar-refractivity contribution in [1.29, 1.82) is 0 Å². The number of rotatable bonds is 6. The molecule has 1 aliphatic heterocycles. The van der Waals surface area contributed by atoms with Crippen molar-refractivity contribution in [2.24, 2.45) is 5.73 Å². The molecule has 1 aliphatic rings. The number of carbonyl (C=O) groups is 2. The van der Waals surface area contributed by atoms with Gasteiger partial charge in [-0.25, -0.2) is 0 Å². The lowest BCUT2D eigenvalue weighted by molar-refractivity contribution is -0.114. The first-order valence-electron chi connectivity index (χ1n) is 10.2. The lowest BCUT2D eigenvalue weighted by atomic mass is 10.1. The van der Waals surface area contributed by atoms with Crippen LogP contribution in [0.1, 0.15) is 46.3 Å². The largest absolute Gasteiger partial charge is 0.375 e. The van der Waals surface area contributed by atoms with Crippen LogP contribution < -0.4 is 21.3 Å². The number of hydrogen-bond acceptors (Lipinski definition) is 4. The summed E-state index contributed by atoms with van der Waals surface area (Å²) >= 11 is 0. The van der Waals surface area contributed by atoms with Crippen molar-refractivity contribution in [3.63, 3.8) is 0 Å². The summed E-state index contributed by atoms with van der Waals surface area (Å²) in [5.74, 6) is -0.674. The normalized spacial score (nSPS) is 13.8. The van der Waals surface area contributed by atoms with E-state index in [0.29, 0.717) is 11.3 Å². The van der Waals surface area contributed by atoms with E-state index in [1.165, 1.54) is 6.42 Å². The summed E-state index contributed by atoms with van der Waals surface area (Å²) in [6, 6.07) is 9.72. The van der Waals surface area contributed by atoms with Gasteiger partial charge in [-0.3, -0.25) is 9.59 Å². The van der Waals surface area contributed by atoms with Gasteiger partial charge in [-0.2, -0.15) is 0 Å². The monoisotopic (exact) mass is 394 g/mol. The van der Waals surface area contributed by atoms with Crippen LogP contribution in [0.15, 0.2) is 30.3 Å². The van der Waals surface area contributed by atoms with E-state index in [9.17, 15) is 9.59 Å². The maximum absolute atomic E-state index is 12.5. The molecule has 154 valence electrons. The summed E-state index contributed by atoms with van der Waals surface area (Å²) in [4.78, 5) is 26.7. The van der Waals surface area contributed by atoms with E-state index >= 15 is 0 Å². The van der Waals surface area contributed by atoms with E-state index in [0.717, 1.165) is 54.0 Å². The molecule has 0 bridgehead atoms. The lowest BCUT2D eigenvalue weighted by Crippen LogP contribution is -2.30. The number of hydrogen-bond donors (Lipinski definition) is 3. The van der Waals surface area contributed by atoms with Crippen molar-refractivity contribution in [3.8, 4) is 0 Å². The molecule has 29 heavy (non-hydrogen) atoms. The number of aryl methyl sites for hydroxylation is 3. The van der Waals surface area contributed by atoms with Gasteiger partial charge in [0.25, 0.3) is 5.91 Å². The molecule has 1 fully saturated rings. The fourth-order valence-corrected chi connectivity index (χ4v) is 3.98. The predicted octanol–water partition coefficient (Wildman–Crippen LogP) is 3.75. The van der Waals surface area contributed by atoms with Gasteiger partial charge < -0.3 is 21.3 Å². The number of piperidine rings is 1. The highest BCUT2D eigenvalue weighted by molar-refractivity contribution is 6.01. The van der Waals surface area contributed by atoms with Crippen LogP contribution in [0.2, 0.25) is 0 Å². The number of anilines is 3. The van der Waals surface area contributed by atoms with Gasteiger partial charge in [-0.15, -0.1) is 0 Å². The smallest absolute Gasteiger partial charge is 0.250 e. The van der Waals surface area contributed by atoms with Crippen LogP contribution in [0.25, 0.3) is 0 Å². The van der Waals surface area contributed by atoms with Crippen molar-refractivity contribution in [2.45, 2.75) is 40.0 Å². The number of primary amides is 1. The zero-order valence-corrected chi connectivity index (χ0v) is 17.5. The summed E-state index contributed by atoms with van der Waals surface area (Å²) in [6.07, 6.45) is 3.56. The molecule has 6 heteroatoms. The maximum atomic E-state index is 12.5. The van der Waals surface area contributed by atoms with Crippen molar-refractivity contribution in [2.75, 3.05) is 35.2 Å². The molecule has 0 atom stereocenters. The second-order valence-corrected chi connectivity index (χ2v) is 7.82. The van der Waals surface area contributed by atoms with Crippen LogP contribution in [0, 0.1) is 20.8 Å². The van der Waals surface area contributed by atoms with Crippen LogP contribution in [0.5, 0.6) is 0 Å². The molecule has 0 aliphatic carbocycles. The Bertz CT molecular complexity index is 894. The van der Waals surface area contributed by atoms with Crippen molar-refractivity contribution in [1.82, 2.24) is 0 Å². The van der Waals surface area contributed by atoms with Crippen LogP contribution in [-0.2, 0) is 4.79 Å². The molecule has 1 heterocycles. The molecule has 3 rings (SSSR count). The number of amides is 2. The molecule has 6 nitrogen and oxygen atoms in total. The second kappa shape index (κ2) is 8.99. The first-order valence-corrected chi connectivity index (χ1v) is 10.2. The van der Waals surface area contributed by atoms with Crippen LogP contribution in [0.4, 0.5) is 17.1 Å². The van der Waals surface area contributed by atoms with Gasteiger partial charge in [0.2, 0.25) is 5.91 Å². The summed E-state index contributed by atoms with van der Waals surface area (Å²) in [5, 5.41) is 6.03. The zero-order valence-electron chi connectivity index (χ0n) is 17.5. The van der Waals surface area contributed by atoms with Gasteiger partial charge in [0.15, 0.2) is 0 Å². The van der Waals surface area contributed by atoms with E-state index in [-0.39, 0.29) is 12.5 Å². The number of nitrogens with one attached hydrogen (secondary N) is 2. The molecule has 2 amide bonds. The molecule has 0 radical (unpaired) electrons. The molecule has 1 saturated heterocycles. The highest BCUT2D eigenvalue weighted by Crippen LogP contribution is 2.26. The van der Waals surface area contributed by atoms with Crippen LogP contribution in [-0.4, -0.2) is 31.4 Å². The Hall–Kier alpha value is -3.02. The van der Waals surface area contributed by atoms with Gasteiger partial charge in [0, 0.05) is 30.2 Å². The van der Waals surface area contributed by atoms with Gasteiger partial charge in [0.05, 0.1) is 12.1 Å². The molecule has 0 unspecified atom stereocenters. The van der Waals surface area contributed by atoms with E-state index in [1.54, 1.807) is 0 Å². The van der Waals surface area contributed by atoms with Gasteiger partial charge in [-0.1, -0.05) is 17.7 Å². The van der Waals surface area contributed by atoms with E-state index in [4.69, 9.17) is 5.73 Å². The van der Waals surface area contributed by atoms with Crippen molar-refractivity contribution < 1.29 is 9.59 Å². The lowest BCUT2D eigenvalue weighted by Gasteiger charge is -2.29. The van der Waals surface area contributed by atoms with Gasteiger partial charge in [0.1, 0.15) is 0 Å². The van der Waals surface area contributed by atoms with E-state index in [2.05, 4.69) is 15.5 Å². The summed E-state index contributed by atoms with van der Waals surface area (Å²) < 4.78 is 0. The number of nitrogens with zero attached hydrogens (tertiary/aromatic N) is 1. The summed E-state index contributed by atoms with van der Waals surface area (Å²) in [7, 11) is 0. The minimum atomic E-state index is -0.503. The Morgan fingerprint density at radius 3 is 2.28 bits per heavy atom. The van der Waals surface area contributed by atoms with Crippen molar-refractivity contribution >= 4 is 28.9 Å². The highest BCUT2D eigenvalue weighted by Gasteiger charge is 2.16. The number of carbonyl (C=O) groups excluding carboxylic acids is 2. The number of benzene rings is 2. The SMILES string of the molecule is Cc1cc(C)c(NC(=O)CNc2ccc(N3CCCCC3)cc2C(N)=O)c(C)c1. The van der Waals surface area contributed by atoms with E-state index < -0.39 is 5.91 Å². The average Bonchev–Trinajstić information content (AvgIpc) is 2.69. The molecule has 4 N–H and O–H groups in total. The molecule has 0 aromatic heterocycles. The Labute approximate surface area is 172 Å². The quantitative estimate of drug-likeness (QED) is 0.696. The first kappa shape index (κ1) is 20.7. The van der Waals surface area contributed by atoms with E-state index in [1.807, 2.05) is 51.1 Å². The number of nitrogens with two attached hydrogens (primary N) is 1. The Morgan fingerprint density at radius 2 is 1.66 bits per heavy atom. The fraction of sp³-hybridized carbons (Fsp3) is 0.391. The third kappa shape index (κ3) is 5.08. The van der Waals surface area contributed by atoms with Gasteiger partial charge in [-0.05, 0) is 69.4 Å². The molecular formula is C23H30N4O2. The molecule has 2 aromatic rings. The molecular weight excluding hydrogens is 364 g/mol. The maximum Gasteiger partial charge on any atom is 0.250 e. The zero-order chi connectivity index (χ0) is 21.0. The Morgan fingerprint density at radius 1 is 1.00 bits per heavy atom. The molecule has 0 spiro atoms. The average molecular weight is 395 g/mol. The third-order valence-electron chi connectivity index (χ3n) is 5.37. The third-order valence-corrected chi connectivity index (χ3v) is 5.37. The predicted molar refractivity (Wildman–Crippen MR) is 119 cm³/mol. The standard InChI is InChI=1S/C23H30N4O2/c1-15-11-16(2)22(17(3)12-15)26-21(28)14-25-20-8-7-18(13-19(20)23(24)29)27-9-5-4-6-10-27/h7-8,11-13,25H,4-6,9-10,14H2,1-3H3,(H2,24,29)(H,26,28). The highest BCUT2D eigenvalue weighted by atomic mass is 16.2. The Balaban J connectivity index is 1.69. The second-order valence-electron chi connectivity index (χ2n) is 7.82. The molecule has 2 aromatic carbocycles. The summed E-state index contributed by atoms with van der Waals surface area (Å²) in [5.41, 5.74) is 11.6. The topological polar surface area (TPSA) is 87.5 Å².